The van der Waals surface area contributed by atoms with E-state index in [1.54, 1.807) is 0 Å². The molecule has 2 aromatic carbocycles. The Morgan fingerprint density at radius 3 is 2.71 bits per heavy atom. The van der Waals surface area contributed by atoms with Crippen molar-refractivity contribution in [2.24, 2.45) is 5.73 Å². The van der Waals surface area contributed by atoms with Gasteiger partial charge in [-0.15, -0.1) is 0 Å². The highest BCUT2D eigenvalue weighted by atomic mass is 16.2. The number of hydrogen-bond acceptors (Lipinski definition) is 2. The summed E-state index contributed by atoms with van der Waals surface area (Å²) in [5.41, 5.74) is 10.7. The Kier molecular flexibility index (Phi) is 2.82. The molecule has 2 N–H and O–H groups in total. The minimum absolute atomic E-state index is 0.0898. The van der Waals surface area contributed by atoms with Crippen LogP contribution in [0.2, 0.25) is 0 Å². The zero-order chi connectivity index (χ0) is 14.4. The molecule has 1 amide bonds. The first-order valence-electron chi connectivity index (χ1n) is 7.48. The second-order valence-electron chi connectivity index (χ2n) is 6.03. The van der Waals surface area contributed by atoms with E-state index >= 15 is 0 Å². The molecular weight excluding hydrogens is 260 g/mol. The zero-order valence-electron chi connectivity index (χ0n) is 11.8. The van der Waals surface area contributed by atoms with Crippen molar-refractivity contribution in [3.8, 4) is 0 Å². The molecule has 3 nitrogen and oxygen atoms in total. The van der Waals surface area contributed by atoms with Crippen molar-refractivity contribution in [2.75, 3.05) is 11.4 Å². The summed E-state index contributed by atoms with van der Waals surface area (Å²) >= 11 is 0. The van der Waals surface area contributed by atoms with Crippen LogP contribution in [0.25, 0.3) is 0 Å². The van der Waals surface area contributed by atoms with Crippen LogP contribution in [-0.4, -0.2) is 18.5 Å². The van der Waals surface area contributed by atoms with E-state index in [0.29, 0.717) is 5.92 Å². The van der Waals surface area contributed by atoms with Crippen molar-refractivity contribution >= 4 is 11.6 Å². The number of hydrogen-bond donors (Lipinski definition) is 1. The average molecular weight is 278 g/mol. The largest absolute Gasteiger partial charge is 0.327 e. The molecule has 1 heterocycles. The number of amides is 1. The predicted molar refractivity (Wildman–Crippen MR) is 83.6 cm³/mol. The monoisotopic (exact) mass is 278 g/mol. The number of carbonyl (C=O) groups excluding carboxylic acids is 1. The number of rotatable bonds is 1. The lowest BCUT2D eigenvalue weighted by Crippen LogP contribution is -2.33. The molecule has 1 aliphatic carbocycles. The third kappa shape index (κ3) is 1.96. The van der Waals surface area contributed by atoms with Gasteiger partial charge in [-0.1, -0.05) is 30.3 Å². The smallest absolute Gasteiger partial charge is 0.258 e. The van der Waals surface area contributed by atoms with Gasteiger partial charge in [0.1, 0.15) is 0 Å². The topological polar surface area (TPSA) is 46.3 Å². The van der Waals surface area contributed by atoms with Crippen molar-refractivity contribution in [1.29, 1.82) is 0 Å². The first-order valence-corrected chi connectivity index (χ1v) is 7.48. The van der Waals surface area contributed by atoms with E-state index in [-0.39, 0.29) is 11.9 Å². The Hall–Kier alpha value is -2.13. The molecule has 4 rings (SSSR count). The Morgan fingerprint density at radius 2 is 1.90 bits per heavy atom. The van der Waals surface area contributed by atoms with Crippen LogP contribution in [0.15, 0.2) is 48.5 Å². The van der Waals surface area contributed by atoms with Gasteiger partial charge >= 0.3 is 0 Å². The SMILES string of the molecule is N[C@H]1Cc2cccc3c2[C@H](C1)CN3C(=O)c1ccccc1. The Balaban J connectivity index is 1.76. The fourth-order valence-electron chi connectivity index (χ4n) is 3.75. The second-order valence-corrected chi connectivity index (χ2v) is 6.03. The molecule has 2 atom stereocenters. The lowest BCUT2D eigenvalue weighted by atomic mass is 9.82. The number of nitrogens with two attached hydrogens (primary N) is 1. The number of benzene rings is 2. The average Bonchev–Trinajstić information content (AvgIpc) is 2.87. The third-order valence-electron chi connectivity index (χ3n) is 4.61. The van der Waals surface area contributed by atoms with Gasteiger partial charge < -0.3 is 10.6 Å². The molecule has 106 valence electrons. The van der Waals surface area contributed by atoms with Crippen LogP contribution in [0.3, 0.4) is 0 Å². The van der Waals surface area contributed by atoms with E-state index in [4.69, 9.17) is 5.73 Å². The molecule has 0 saturated heterocycles. The summed E-state index contributed by atoms with van der Waals surface area (Å²) in [6.45, 7) is 0.758. The van der Waals surface area contributed by atoms with Crippen molar-refractivity contribution in [3.63, 3.8) is 0 Å². The summed E-state index contributed by atoms with van der Waals surface area (Å²) in [4.78, 5) is 14.7. The molecule has 2 aromatic rings. The summed E-state index contributed by atoms with van der Waals surface area (Å²) in [5.74, 6) is 0.486. The van der Waals surface area contributed by atoms with Gasteiger partial charge in [-0.05, 0) is 42.2 Å². The normalized spacial score (nSPS) is 23.0. The van der Waals surface area contributed by atoms with E-state index in [1.165, 1.54) is 11.1 Å². The number of nitrogens with zero attached hydrogens (tertiary/aromatic N) is 1. The Labute approximate surface area is 124 Å². The van der Waals surface area contributed by atoms with E-state index in [2.05, 4.69) is 12.1 Å². The van der Waals surface area contributed by atoms with Gasteiger partial charge in [0.15, 0.2) is 0 Å². The number of anilines is 1. The molecule has 0 radical (unpaired) electrons. The van der Waals surface area contributed by atoms with Crippen LogP contribution in [0, 0.1) is 0 Å². The van der Waals surface area contributed by atoms with Crippen molar-refractivity contribution < 1.29 is 4.79 Å². The van der Waals surface area contributed by atoms with E-state index in [1.807, 2.05) is 41.3 Å². The van der Waals surface area contributed by atoms with Crippen LogP contribution < -0.4 is 10.6 Å². The standard InChI is InChI=1S/C18H18N2O/c19-15-9-13-7-4-8-16-17(13)14(10-15)11-20(16)18(21)12-5-2-1-3-6-12/h1-8,14-15H,9-11,19H2/t14-,15+/m1/s1. The Morgan fingerprint density at radius 1 is 1.10 bits per heavy atom. The molecule has 0 saturated carbocycles. The molecule has 0 unspecified atom stereocenters. The van der Waals surface area contributed by atoms with E-state index in [9.17, 15) is 4.79 Å². The summed E-state index contributed by atoms with van der Waals surface area (Å²) in [7, 11) is 0. The summed E-state index contributed by atoms with van der Waals surface area (Å²) < 4.78 is 0. The first-order chi connectivity index (χ1) is 10.2. The van der Waals surface area contributed by atoms with Gasteiger partial charge in [0.2, 0.25) is 0 Å². The molecule has 0 spiro atoms. The third-order valence-corrected chi connectivity index (χ3v) is 4.61. The van der Waals surface area contributed by atoms with Gasteiger partial charge in [-0.3, -0.25) is 4.79 Å². The van der Waals surface area contributed by atoms with Gasteiger partial charge in [-0.25, -0.2) is 0 Å². The van der Waals surface area contributed by atoms with E-state index < -0.39 is 0 Å². The molecule has 0 aromatic heterocycles. The molecule has 2 aliphatic rings. The van der Waals surface area contributed by atoms with Crippen LogP contribution in [0.1, 0.15) is 33.8 Å². The fourth-order valence-corrected chi connectivity index (χ4v) is 3.75. The molecule has 1 aliphatic heterocycles. The van der Waals surface area contributed by atoms with Crippen molar-refractivity contribution in [1.82, 2.24) is 0 Å². The molecule has 21 heavy (non-hydrogen) atoms. The number of carbonyl (C=O) groups is 1. The van der Waals surface area contributed by atoms with Gasteiger partial charge in [0.05, 0.1) is 0 Å². The summed E-state index contributed by atoms with van der Waals surface area (Å²) in [6.07, 6.45) is 1.90. The zero-order valence-corrected chi connectivity index (χ0v) is 11.8. The molecule has 0 bridgehead atoms. The summed E-state index contributed by atoms with van der Waals surface area (Å²) in [6, 6.07) is 16.0. The minimum atomic E-state index is 0.0898. The predicted octanol–water partition coefficient (Wildman–Crippen LogP) is 2.70. The van der Waals surface area contributed by atoms with Gasteiger partial charge in [0, 0.05) is 29.8 Å². The maximum Gasteiger partial charge on any atom is 0.258 e. The maximum atomic E-state index is 12.8. The molecular formula is C18H18N2O. The Bertz CT molecular complexity index is 696. The van der Waals surface area contributed by atoms with Crippen molar-refractivity contribution in [3.05, 3.63) is 65.2 Å². The van der Waals surface area contributed by atoms with Gasteiger partial charge in [0.25, 0.3) is 5.91 Å². The quantitative estimate of drug-likeness (QED) is 0.871. The first kappa shape index (κ1) is 12.6. The van der Waals surface area contributed by atoms with Gasteiger partial charge in [-0.2, -0.15) is 0 Å². The fraction of sp³-hybridized carbons (Fsp3) is 0.278. The molecule has 3 heteroatoms. The molecule has 0 fully saturated rings. The second kappa shape index (κ2) is 4.71. The van der Waals surface area contributed by atoms with E-state index in [0.717, 1.165) is 30.6 Å². The van der Waals surface area contributed by atoms with Crippen LogP contribution >= 0.6 is 0 Å². The lowest BCUT2D eigenvalue weighted by Gasteiger charge is -2.25. The van der Waals surface area contributed by atoms with Crippen molar-refractivity contribution in [2.45, 2.75) is 24.8 Å². The maximum absolute atomic E-state index is 12.8. The van der Waals surface area contributed by atoms with Crippen LogP contribution in [0.5, 0.6) is 0 Å². The van der Waals surface area contributed by atoms with Crippen LogP contribution in [-0.2, 0) is 6.42 Å². The summed E-state index contributed by atoms with van der Waals surface area (Å²) in [5, 5.41) is 0. The highest BCUT2D eigenvalue weighted by Crippen LogP contribution is 2.44. The minimum Gasteiger partial charge on any atom is -0.327 e. The van der Waals surface area contributed by atoms with Crippen LogP contribution in [0.4, 0.5) is 5.69 Å². The highest BCUT2D eigenvalue weighted by Gasteiger charge is 2.37. The lowest BCUT2D eigenvalue weighted by molar-refractivity contribution is 0.0988. The highest BCUT2D eigenvalue weighted by molar-refractivity contribution is 6.07.